The summed E-state index contributed by atoms with van der Waals surface area (Å²) in [5.74, 6) is 4.94. The first-order valence-electron chi connectivity index (χ1n) is 14.5. The Balaban J connectivity index is 1.16. The van der Waals surface area contributed by atoms with Gasteiger partial charge in [0.2, 0.25) is 0 Å². The van der Waals surface area contributed by atoms with Gasteiger partial charge in [-0.3, -0.25) is 4.90 Å². The van der Waals surface area contributed by atoms with Crippen LogP contribution in [0.2, 0.25) is 0 Å². The fourth-order valence-electron chi connectivity index (χ4n) is 10.6. The summed E-state index contributed by atoms with van der Waals surface area (Å²) >= 11 is 0. The van der Waals surface area contributed by atoms with Crippen molar-refractivity contribution in [2.45, 2.75) is 68.9 Å². The van der Waals surface area contributed by atoms with E-state index in [1.165, 1.54) is 81.7 Å². The summed E-state index contributed by atoms with van der Waals surface area (Å²) in [5, 5.41) is 0. The van der Waals surface area contributed by atoms with Gasteiger partial charge in [-0.25, -0.2) is 4.99 Å². The SMILES string of the molecule is COc1ccc2c(c1)C13CCN(CC4CC4)C(C2)C12CCC1C3[C@@H](CN1C1=Nc3ccccc3C1)C2. The van der Waals surface area contributed by atoms with Crippen LogP contribution >= 0.6 is 0 Å². The number of ether oxygens (including phenoxy) is 1. The van der Waals surface area contributed by atoms with Crippen LogP contribution in [0.3, 0.4) is 0 Å². The maximum Gasteiger partial charge on any atom is 0.119 e. The van der Waals surface area contributed by atoms with E-state index >= 15 is 0 Å². The summed E-state index contributed by atoms with van der Waals surface area (Å²) in [5.41, 5.74) is 6.69. The van der Waals surface area contributed by atoms with Crippen molar-refractivity contribution in [3.05, 3.63) is 59.2 Å². The molecule has 6 atom stereocenters. The van der Waals surface area contributed by atoms with Gasteiger partial charge in [-0.1, -0.05) is 24.3 Å². The Morgan fingerprint density at radius 1 is 1.06 bits per heavy atom. The quantitative estimate of drug-likeness (QED) is 0.593. The summed E-state index contributed by atoms with van der Waals surface area (Å²) in [6.45, 7) is 3.87. The minimum absolute atomic E-state index is 0.314. The fraction of sp³-hybridized carbons (Fsp3) is 0.594. The maximum absolute atomic E-state index is 5.83. The molecule has 4 nitrogen and oxygen atoms in total. The van der Waals surface area contributed by atoms with Gasteiger partial charge in [-0.15, -0.1) is 0 Å². The number of nitrogens with zero attached hydrogens (tertiary/aromatic N) is 3. The molecule has 0 spiro atoms. The Labute approximate surface area is 214 Å². The number of benzene rings is 2. The number of rotatable bonds is 3. The number of aliphatic imine (C=N–C) groups is 1. The largest absolute Gasteiger partial charge is 0.497 e. The molecule has 9 rings (SSSR count). The number of fused-ring (bicyclic) bond motifs is 2. The van der Waals surface area contributed by atoms with Crippen molar-refractivity contribution in [1.82, 2.24) is 9.80 Å². The van der Waals surface area contributed by atoms with Gasteiger partial charge in [0.1, 0.15) is 11.6 Å². The molecule has 5 unspecified atom stereocenters. The number of piperidine rings is 1. The molecule has 2 saturated heterocycles. The minimum Gasteiger partial charge on any atom is -0.497 e. The first kappa shape index (κ1) is 20.7. The second-order valence-corrected chi connectivity index (χ2v) is 13.1. The lowest BCUT2D eigenvalue weighted by Gasteiger charge is -2.66. The van der Waals surface area contributed by atoms with Crippen LogP contribution in [0, 0.1) is 23.2 Å². The zero-order valence-corrected chi connectivity index (χ0v) is 21.5. The van der Waals surface area contributed by atoms with Crippen molar-refractivity contribution in [2.24, 2.45) is 28.2 Å². The third kappa shape index (κ3) is 2.43. The minimum atomic E-state index is 0.314. The highest BCUT2D eigenvalue weighted by molar-refractivity contribution is 5.92. The molecule has 2 aromatic carbocycles. The van der Waals surface area contributed by atoms with Crippen LogP contribution in [0.25, 0.3) is 0 Å². The third-order valence-electron chi connectivity index (χ3n) is 11.9. The standard InChI is InChI=1S/C32H37N3O/c1-36-24-9-8-21-14-28-31-11-10-27-30(32(31,25(21)16-24)12-13-34(28)18-20-6-7-20)23(17-31)19-35(27)29-15-22-4-2-3-5-26(22)33-29/h2-5,8-9,16,20,23,27-28,30H,6-7,10-15,17-19H2,1H3/t23-,27?,28?,30?,31?,32?/m1/s1. The van der Waals surface area contributed by atoms with Gasteiger partial charge in [0.25, 0.3) is 0 Å². The average Bonchev–Trinajstić information content (AvgIpc) is 3.41. The molecule has 186 valence electrons. The van der Waals surface area contributed by atoms with Gasteiger partial charge in [-0.2, -0.15) is 0 Å². The molecule has 0 N–H and O–H groups in total. The van der Waals surface area contributed by atoms with Crippen molar-refractivity contribution in [1.29, 1.82) is 0 Å². The van der Waals surface area contributed by atoms with Crippen LogP contribution in [-0.2, 0) is 18.3 Å². The molecule has 7 aliphatic rings. The van der Waals surface area contributed by atoms with Crippen LogP contribution in [0.5, 0.6) is 5.75 Å². The average molecular weight is 480 g/mol. The highest BCUT2D eigenvalue weighted by Gasteiger charge is 2.76. The maximum atomic E-state index is 5.83. The highest BCUT2D eigenvalue weighted by Crippen LogP contribution is 2.75. The van der Waals surface area contributed by atoms with Crippen molar-refractivity contribution >= 4 is 11.5 Å². The van der Waals surface area contributed by atoms with Crippen molar-refractivity contribution in [3.8, 4) is 5.75 Å². The van der Waals surface area contributed by atoms with E-state index in [1.807, 2.05) is 7.11 Å². The van der Waals surface area contributed by atoms with Gasteiger partial charge in [-0.05, 0) is 110 Å². The summed E-state index contributed by atoms with van der Waals surface area (Å²) in [6, 6.07) is 17.3. The van der Waals surface area contributed by atoms with Crippen LogP contribution in [0.1, 0.15) is 55.2 Å². The lowest BCUT2D eigenvalue weighted by atomic mass is 9.43. The van der Waals surface area contributed by atoms with E-state index < -0.39 is 0 Å². The number of methoxy groups -OCH3 is 1. The van der Waals surface area contributed by atoms with Gasteiger partial charge >= 0.3 is 0 Å². The zero-order chi connectivity index (χ0) is 23.6. The molecule has 5 fully saturated rings. The van der Waals surface area contributed by atoms with Gasteiger partial charge in [0.15, 0.2) is 0 Å². The van der Waals surface area contributed by atoms with Crippen LogP contribution in [0.15, 0.2) is 47.5 Å². The molecule has 4 heteroatoms. The van der Waals surface area contributed by atoms with E-state index in [-0.39, 0.29) is 0 Å². The molecule has 4 aliphatic carbocycles. The highest BCUT2D eigenvalue weighted by atomic mass is 16.5. The first-order valence-corrected chi connectivity index (χ1v) is 14.5. The molecule has 36 heavy (non-hydrogen) atoms. The van der Waals surface area contributed by atoms with Crippen molar-refractivity contribution < 1.29 is 4.74 Å². The normalized spacial score (nSPS) is 39.5. The summed E-state index contributed by atoms with van der Waals surface area (Å²) < 4.78 is 5.83. The Morgan fingerprint density at radius 2 is 1.97 bits per heavy atom. The molecule has 4 bridgehead atoms. The monoisotopic (exact) mass is 479 g/mol. The number of hydrogen-bond donors (Lipinski definition) is 0. The third-order valence-corrected chi connectivity index (χ3v) is 11.9. The number of likely N-dealkylation sites (tertiary alicyclic amines) is 2. The molecular formula is C32H37N3O. The first-order chi connectivity index (χ1) is 17.7. The second kappa shape index (κ2) is 6.95. The summed E-state index contributed by atoms with van der Waals surface area (Å²) in [4.78, 5) is 11.0. The lowest BCUT2D eigenvalue weighted by molar-refractivity contribution is -0.100. The second-order valence-electron chi connectivity index (χ2n) is 13.1. The predicted octanol–water partition coefficient (Wildman–Crippen LogP) is 5.36. The zero-order valence-electron chi connectivity index (χ0n) is 21.5. The van der Waals surface area contributed by atoms with Crippen LogP contribution in [0.4, 0.5) is 5.69 Å². The fourth-order valence-corrected chi connectivity index (χ4v) is 10.6. The Kier molecular flexibility index (Phi) is 3.99. The Hall–Kier alpha value is -2.33. The van der Waals surface area contributed by atoms with Crippen LogP contribution < -0.4 is 4.74 Å². The number of hydrogen-bond acceptors (Lipinski definition) is 4. The van der Waals surface area contributed by atoms with E-state index in [1.54, 1.807) is 11.1 Å². The molecule has 0 amide bonds. The summed E-state index contributed by atoms with van der Waals surface area (Å²) in [6.07, 6.45) is 10.7. The molecule has 3 heterocycles. The predicted molar refractivity (Wildman–Crippen MR) is 142 cm³/mol. The molecule has 3 saturated carbocycles. The van der Waals surface area contributed by atoms with E-state index in [9.17, 15) is 0 Å². The number of para-hydroxylation sites is 1. The molecule has 0 radical (unpaired) electrons. The van der Waals surface area contributed by atoms with E-state index in [0.717, 1.165) is 36.0 Å². The Morgan fingerprint density at radius 3 is 2.83 bits per heavy atom. The van der Waals surface area contributed by atoms with Gasteiger partial charge < -0.3 is 9.64 Å². The lowest BCUT2D eigenvalue weighted by Crippen LogP contribution is -2.70. The van der Waals surface area contributed by atoms with E-state index in [4.69, 9.17) is 9.73 Å². The van der Waals surface area contributed by atoms with E-state index in [0.29, 0.717) is 16.9 Å². The van der Waals surface area contributed by atoms with Crippen molar-refractivity contribution in [2.75, 3.05) is 26.7 Å². The van der Waals surface area contributed by atoms with E-state index in [2.05, 4.69) is 52.3 Å². The molecule has 2 aromatic rings. The molecular weight excluding hydrogens is 442 g/mol. The Bertz CT molecular complexity index is 1300. The molecule has 0 aromatic heterocycles. The van der Waals surface area contributed by atoms with Crippen LogP contribution in [-0.4, -0.2) is 54.5 Å². The van der Waals surface area contributed by atoms with Gasteiger partial charge in [0.05, 0.1) is 12.8 Å². The smallest absolute Gasteiger partial charge is 0.119 e. The summed E-state index contributed by atoms with van der Waals surface area (Å²) in [7, 11) is 1.84. The van der Waals surface area contributed by atoms with Crippen molar-refractivity contribution in [3.63, 3.8) is 0 Å². The molecule has 3 aliphatic heterocycles. The topological polar surface area (TPSA) is 28.1 Å². The van der Waals surface area contributed by atoms with Gasteiger partial charge in [0, 0.05) is 37.0 Å². The number of amidine groups is 1.